The van der Waals surface area contributed by atoms with Crippen molar-refractivity contribution >= 4 is 26.6 Å². The third kappa shape index (κ3) is 2.52. The van der Waals surface area contributed by atoms with Crippen molar-refractivity contribution in [1.29, 1.82) is 0 Å². The van der Waals surface area contributed by atoms with Crippen LogP contribution < -0.4 is 0 Å². The van der Waals surface area contributed by atoms with Crippen LogP contribution in [0.15, 0.2) is 24.3 Å². The molecule has 2 heteroatoms. The number of hydrogen-bond acceptors (Lipinski definition) is 0. The summed E-state index contributed by atoms with van der Waals surface area (Å²) in [5.74, 6) is 2.26. The van der Waals surface area contributed by atoms with Crippen LogP contribution in [0.25, 0.3) is 0 Å². The van der Waals surface area contributed by atoms with Gasteiger partial charge in [-0.2, -0.15) is 0 Å². The Morgan fingerprint density at radius 3 is 2.27 bits per heavy atom. The molecule has 0 heterocycles. The van der Waals surface area contributed by atoms with Gasteiger partial charge in [0.25, 0.3) is 0 Å². The van der Waals surface area contributed by atoms with Crippen molar-refractivity contribution in [3.8, 4) is 0 Å². The van der Waals surface area contributed by atoms with Gasteiger partial charge in [-0.25, -0.2) is 0 Å². The van der Waals surface area contributed by atoms with Crippen molar-refractivity contribution in [3.05, 3.63) is 34.9 Å². The van der Waals surface area contributed by atoms with Gasteiger partial charge in [0.1, 0.15) is 0 Å². The molecule has 0 fully saturated rings. The van der Waals surface area contributed by atoms with E-state index in [1.54, 1.807) is 0 Å². The molecule has 0 aliphatic heterocycles. The number of halogens is 1. The molecule has 1 aromatic carbocycles. The molecule has 0 bridgehead atoms. The monoisotopic (exact) mass is 234 g/mol. The minimum absolute atomic E-state index is 0.688. The van der Waals surface area contributed by atoms with Gasteiger partial charge in [-0.15, -0.1) is 0 Å². The quantitative estimate of drug-likeness (QED) is 0.689. The van der Waals surface area contributed by atoms with Crippen molar-refractivity contribution in [2.24, 2.45) is 0 Å². The van der Waals surface area contributed by atoms with Gasteiger partial charge in [-0.3, -0.25) is 0 Å². The fourth-order valence-electron chi connectivity index (χ4n) is 0.870. The second-order valence-electron chi connectivity index (χ2n) is 2.43. The number of rotatable bonds is 2. The Morgan fingerprint density at radius 2 is 1.82 bits per heavy atom. The first-order valence-corrected chi connectivity index (χ1v) is 6.60. The molecule has 60 valence electrons. The third-order valence-corrected chi connectivity index (χ3v) is 4.00. The summed E-state index contributed by atoms with van der Waals surface area (Å²) in [5, 5.41) is 0.824. The zero-order valence-corrected chi connectivity index (χ0v) is 9.14. The average Bonchev–Trinajstić information content (AvgIpc) is 2.05. The Morgan fingerprint density at radius 1 is 1.27 bits per heavy atom. The minimum atomic E-state index is 0.688. The Balaban J connectivity index is 2.81. The molecule has 0 saturated heterocycles. The summed E-state index contributed by atoms with van der Waals surface area (Å²) in [7, 11) is 0. The van der Waals surface area contributed by atoms with Crippen LogP contribution in [0.1, 0.15) is 17.3 Å². The van der Waals surface area contributed by atoms with E-state index in [1.165, 1.54) is 5.56 Å². The van der Waals surface area contributed by atoms with Crippen LogP contribution in [0.3, 0.4) is 0 Å². The standard InChI is InChI=1S/C9H11ClSe/c1-7(11-2)8-3-5-9(10)6-4-8/h3-7H,1-2H3. The third-order valence-electron chi connectivity index (χ3n) is 1.69. The van der Waals surface area contributed by atoms with Crippen LogP contribution in [0, 0.1) is 0 Å². The Bertz CT molecular complexity index is 218. The van der Waals surface area contributed by atoms with Crippen LogP contribution in [0.2, 0.25) is 10.8 Å². The van der Waals surface area contributed by atoms with E-state index in [4.69, 9.17) is 11.6 Å². The Hall–Kier alpha value is 0.0295. The van der Waals surface area contributed by atoms with E-state index >= 15 is 0 Å². The van der Waals surface area contributed by atoms with Crippen molar-refractivity contribution < 1.29 is 0 Å². The predicted molar refractivity (Wildman–Crippen MR) is 51.5 cm³/mol. The molecule has 0 spiro atoms. The van der Waals surface area contributed by atoms with Crippen LogP contribution in [0.5, 0.6) is 0 Å². The summed E-state index contributed by atoms with van der Waals surface area (Å²) in [6.07, 6.45) is 0. The Kier molecular flexibility index (Phi) is 3.44. The summed E-state index contributed by atoms with van der Waals surface area (Å²) in [6, 6.07) is 8.13. The second kappa shape index (κ2) is 4.15. The maximum atomic E-state index is 5.76. The number of benzene rings is 1. The topological polar surface area (TPSA) is 0 Å². The zero-order valence-electron chi connectivity index (χ0n) is 6.67. The van der Waals surface area contributed by atoms with Crippen LogP contribution in [-0.2, 0) is 0 Å². The molecular weight excluding hydrogens is 223 g/mol. The molecule has 1 atom stereocenters. The molecule has 0 aliphatic carbocycles. The number of hydrogen-bond donors (Lipinski definition) is 0. The van der Waals surface area contributed by atoms with Crippen LogP contribution in [0.4, 0.5) is 0 Å². The van der Waals surface area contributed by atoms with E-state index in [1.807, 2.05) is 12.1 Å². The molecule has 0 radical (unpaired) electrons. The van der Waals surface area contributed by atoms with Crippen molar-refractivity contribution in [1.82, 2.24) is 0 Å². The van der Waals surface area contributed by atoms with E-state index in [0.717, 1.165) is 5.02 Å². The van der Waals surface area contributed by atoms with Gasteiger partial charge < -0.3 is 0 Å². The Labute approximate surface area is 79.1 Å². The molecule has 1 aromatic rings. The van der Waals surface area contributed by atoms with Gasteiger partial charge >= 0.3 is 79.0 Å². The van der Waals surface area contributed by atoms with Gasteiger partial charge in [0, 0.05) is 0 Å². The molecule has 0 N–H and O–H groups in total. The van der Waals surface area contributed by atoms with Gasteiger partial charge in [0.15, 0.2) is 0 Å². The summed E-state index contributed by atoms with van der Waals surface area (Å²) in [6.45, 7) is 2.25. The van der Waals surface area contributed by atoms with Crippen LogP contribution in [-0.4, -0.2) is 15.0 Å². The van der Waals surface area contributed by atoms with Crippen molar-refractivity contribution in [3.63, 3.8) is 0 Å². The van der Waals surface area contributed by atoms with Crippen molar-refractivity contribution in [2.45, 2.75) is 17.6 Å². The molecule has 0 aromatic heterocycles. The fraction of sp³-hybridized carbons (Fsp3) is 0.333. The fourth-order valence-corrected chi connectivity index (χ4v) is 1.90. The van der Waals surface area contributed by atoms with Gasteiger partial charge in [0.2, 0.25) is 0 Å². The summed E-state index contributed by atoms with van der Waals surface area (Å²) >= 11 is 6.45. The van der Waals surface area contributed by atoms with Crippen molar-refractivity contribution in [2.75, 3.05) is 0 Å². The summed E-state index contributed by atoms with van der Waals surface area (Å²) < 4.78 is 0. The molecule has 0 nitrogen and oxygen atoms in total. The van der Waals surface area contributed by atoms with E-state index in [9.17, 15) is 0 Å². The van der Waals surface area contributed by atoms with Gasteiger partial charge in [0.05, 0.1) is 0 Å². The molecular formula is C9H11ClSe. The average molecular weight is 234 g/mol. The first-order valence-electron chi connectivity index (χ1n) is 3.52. The summed E-state index contributed by atoms with van der Waals surface area (Å²) in [4.78, 5) is 0.708. The molecule has 0 saturated carbocycles. The second-order valence-corrected chi connectivity index (χ2v) is 5.34. The van der Waals surface area contributed by atoms with E-state index in [0.29, 0.717) is 19.8 Å². The molecule has 0 amide bonds. The van der Waals surface area contributed by atoms with Gasteiger partial charge in [-0.05, 0) is 0 Å². The van der Waals surface area contributed by atoms with Gasteiger partial charge in [-0.1, -0.05) is 0 Å². The van der Waals surface area contributed by atoms with Crippen LogP contribution >= 0.6 is 11.6 Å². The molecule has 0 aliphatic rings. The SMILES string of the molecule is C[Se]C(C)c1ccc(Cl)cc1. The predicted octanol–water partition coefficient (Wildman–Crippen LogP) is 3.15. The first kappa shape index (κ1) is 9.12. The summed E-state index contributed by atoms with van der Waals surface area (Å²) in [5.41, 5.74) is 1.40. The van der Waals surface area contributed by atoms with E-state index in [-0.39, 0.29) is 0 Å². The van der Waals surface area contributed by atoms with E-state index in [2.05, 4.69) is 24.9 Å². The zero-order chi connectivity index (χ0) is 8.27. The molecule has 1 unspecified atom stereocenters. The first-order chi connectivity index (χ1) is 5.24. The maximum absolute atomic E-state index is 5.76. The molecule has 1 rings (SSSR count). The van der Waals surface area contributed by atoms with E-state index < -0.39 is 0 Å². The normalized spacial score (nSPS) is 13.0. The molecule has 11 heavy (non-hydrogen) atoms.